The van der Waals surface area contributed by atoms with Crippen LogP contribution >= 0.6 is 23.4 Å². The van der Waals surface area contributed by atoms with E-state index in [0.717, 1.165) is 9.79 Å². The summed E-state index contributed by atoms with van der Waals surface area (Å²) in [6.07, 6.45) is 0. The van der Waals surface area contributed by atoms with Gasteiger partial charge in [-0.15, -0.1) is 0 Å². The van der Waals surface area contributed by atoms with Crippen LogP contribution in [0.3, 0.4) is 0 Å². The highest BCUT2D eigenvalue weighted by molar-refractivity contribution is 7.99. The maximum atomic E-state index is 10.6. The van der Waals surface area contributed by atoms with Gasteiger partial charge in [0.1, 0.15) is 5.02 Å². The molecular formula is C13H7ClN2O2S. The molecule has 6 heteroatoms. The maximum Gasteiger partial charge on any atom is 0.287 e. The summed E-state index contributed by atoms with van der Waals surface area (Å²) in [5, 5.41) is 19.5. The SMILES string of the molecule is N#Cc1ccc(Sc2ccc([N+](=O)[O-])c(Cl)c2)cc1. The number of halogens is 1. The Balaban J connectivity index is 2.21. The topological polar surface area (TPSA) is 66.9 Å². The van der Waals surface area contributed by atoms with Gasteiger partial charge in [0.2, 0.25) is 0 Å². The van der Waals surface area contributed by atoms with Crippen molar-refractivity contribution >= 4 is 29.1 Å². The maximum absolute atomic E-state index is 10.6. The number of hydrogen-bond donors (Lipinski definition) is 0. The van der Waals surface area contributed by atoms with E-state index in [1.807, 2.05) is 18.2 Å². The molecule has 0 heterocycles. The fourth-order valence-electron chi connectivity index (χ4n) is 1.43. The average Bonchev–Trinajstić information content (AvgIpc) is 2.39. The van der Waals surface area contributed by atoms with Crippen LogP contribution in [0.4, 0.5) is 5.69 Å². The van der Waals surface area contributed by atoms with E-state index in [1.165, 1.54) is 17.8 Å². The first-order valence-electron chi connectivity index (χ1n) is 5.22. The molecule has 0 saturated carbocycles. The van der Waals surface area contributed by atoms with Crippen LogP contribution in [0.2, 0.25) is 5.02 Å². The Morgan fingerprint density at radius 2 is 1.79 bits per heavy atom. The van der Waals surface area contributed by atoms with Crippen LogP contribution in [0.1, 0.15) is 5.56 Å². The van der Waals surface area contributed by atoms with E-state index in [2.05, 4.69) is 0 Å². The van der Waals surface area contributed by atoms with Crippen molar-refractivity contribution in [2.75, 3.05) is 0 Å². The normalized spacial score (nSPS) is 9.89. The quantitative estimate of drug-likeness (QED) is 0.625. The highest BCUT2D eigenvalue weighted by atomic mass is 35.5. The van der Waals surface area contributed by atoms with Gasteiger partial charge in [0.15, 0.2) is 0 Å². The molecule has 94 valence electrons. The van der Waals surface area contributed by atoms with E-state index in [0.29, 0.717) is 5.56 Å². The lowest BCUT2D eigenvalue weighted by atomic mass is 10.2. The molecule has 0 aliphatic rings. The van der Waals surface area contributed by atoms with E-state index in [4.69, 9.17) is 16.9 Å². The number of nitro groups is 1. The Kier molecular flexibility index (Phi) is 4.05. The van der Waals surface area contributed by atoms with Gasteiger partial charge in [0, 0.05) is 15.9 Å². The minimum atomic E-state index is -0.515. The summed E-state index contributed by atoms with van der Waals surface area (Å²) in [5.41, 5.74) is 0.483. The second-order valence-electron chi connectivity index (χ2n) is 3.61. The summed E-state index contributed by atoms with van der Waals surface area (Å²) in [4.78, 5) is 11.9. The molecule has 0 aliphatic carbocycles. The minimum Gasteiger partial charge on any atom is -0.258 e. The van der Waals surface area contributed by atoms with Crippen molar-refractivity contribution in [3.8, 4) is 6.07 Å². The predicted molar refractivity (Wildman–Crippen MR) is 73.4 cm³/mol. The van der Waals surface area contributed by atoms with Gasteiger partial charge in [-0.05, 0) is 36.4 Å². The first kappa shape index (κ1) is 13.4. The molecular weight excluding hydrogens is 284 g/mol. The highest BCUT2D eigenvalue weighted by Gasteiger charge is 2.12. The number of hydrogen-bond acceptors (Lipinski definition) is 4. The van der Waals surface area contributed by atoms with Crippen molar-refractivity contribution in [3.63, 3.8) is 0 Å². The third-order valence-electron chi connectivity index (χ3n) is 2.33. The molecule has 0 saturated heterocycles. The van der Waals surface area contributed by atoms with Crippen molar-refractivity contribution in [3.05, 3.63) is 63.2 Å². The van der Waals surface area contributed by atoms with E-state index in [9.17, 15) is 10.1 Å². The van der Waals surface area contributed by atoms with Crippen LogP contribution < -0.4 is 0 Å². The molecule has 2 aromatic rings. The molecule has 2 rings (SSSR count). The van der Waals surface area contributed by atoms with E-state index in [1.54, 1.807) is 24.3 Å². The molecule has 0 N–H and O–H groups in total. The van der Waals surface area contributed by atoms with Gasteiger partial charge in [0.25, 0.3) is 5.69 Å². The smallest absolute Gasteiger partial charge is 0.258 e. The lowest BCUT2D eigenvalue weighted by Gasteiger charge is -2.02. The summed E-state index contributed by atoms with van der Waals surface area (Å²) in [6, 6.07) is 13.7. The predicted octanol–water partition coefficient (Wildman–Crippen LogP) is 4.27. The van der Waals surface area contributed by atoms with Crippen molar-refractivity contribution in [1.82, 2.24) is 0 Å². The van der Waals surface area contributed by atoms with Gasteiger partial charge in [0.05, 0.1) is 16.6 Å². The van der Waals surface area contributed by atoms with Crippen molar-refractivity contribution < 1.29 is 4.92 Å². The number of rotatable bonds is 3. The third-order valence-corrected chi connectivity index (χ3v) is 3.64. The van der Waals surface area contributed by atoms with Crippen molar-refractivity contribution in [1.29, 1.82) is 5.26 Å². The average molecular weight is 291 g/mol. The fourth-order valence-corrected chi connectivity index (χ4v) is 2.60. The Bertz CT molecular complexity index is 665. The van der Waals surface area contributed by atoms with Crippen molar-refractivity contribution in [2.24, 2.45) is 0 Å². The van der Waals surface area contributed by atoms with Crippen LogP contribution in [0, 0.1) is 21.4 Å². The van der Waals surface area contributed by atoms with Gasteiger partial charge >= 0.3 is 0 Å². The molecule has 0 unspecified atom stereocenters. The van der Waals surface area contributed by atoms with Gasteiger partial charge in [-0.1, -0.05) is 23.4 Å². The monoisotopic (exact) mass is 290 g/mol. The first-order valence-corrected chi connectivity index (χ1v) is 6.41. The summed E-state index contributed by atoms with van der Waals surface area (Å²) < 4.78 is 0. The summed E-state index contributed by atoms with van der Waals surface area (Å²) in [6.45, 7) is 0. The zero-order valence-corrected chi connectivity index (χ0v) is 11.1. The molecule has 0 amide bonds. The molecule has 0 spiro atoms. The fraction of sp³-hybridized carbons (Fsp3) is 0. The van der Waals surface area contributed by atoms with E-state index >= 15 is 0 Å². The van der Waals surface area contributed by atoms with Crippen LogP contribution in [0.5, 0.6) is 0 Å². The van der Waals surface area contributed by atoms with Crippen LogP contribution in [0.25, 0.3) is 0 Å². The van der Waals surface area contributed by atoms with Crippen LogP contribution in [0.15, 0.2) is 52.3 Å². The Labute approximate surface area is 118 Å². The molecule has 2 aromatic carbocycles. The number of nitriles is 1. The van der Waals surface area contributed by atoms with Gasteiger partial charge in [-0.2, -0.15) is 5.26 Å². The second kappa shape index (κ2) is 5.74. The van der Waals surface area contributed by atoms with E-state index in [-0.39, 0.29) is 10.7 Å². The largest absolute Gasteiger partial charge is 0.287 e. The zero-order valence-electron chi connectivity index (χ0n) is 9.54. The van der Waals surface area contributed by atoms with Crippen LogP contribution in [-0.2, 0) is 0 Å². The van der Waals surface area contributed by atoms with Crippen molar-refractivity contribution in [2.45, 2.75) is 9.79 Å². The Hall–Kier alpha value is -2.03. The molecule has 4 nitrogen and oxygen atoms in total. The molecule has 0 aliphatic heterocycles. The van der Waals surface area contributed by atoms with Gasteiger partial charge in [-0.25, -0.2) is 0 Å². The molecule has 0 radical (unpaired) electrons. The number of nitro benzene ring substituents is 1. The summed E-state index contributed by atoms with van der Waals surface area (Å²) >= 11 is 7.27. The number of nitrogens with zero attached hydrogens (tertiary/aromatic N) is 2. The van der Waals surface area contributed by atoms with Crippen LogP contribution in [-0.4, -0.2) is 4.92 Å². The standard InChI is InChI=1S/C13H7ClN2O2S/c14-12-7-11(5-6-13(12)16(17)18)19-10-3-1-9(8-15)2-4-10/h1-7H. The molecule has 0 fully saturated rings. The van der Waals surface area contributed by atoms with Gasteiger partial charge < -0.3 is 0 Å². The Morgan fingerprint density at radius 3 is 2.32 bits per heavy atom. The molecule has 0 aromatic heterocycles. The second-order valence-corrected chi connectivity index (χ2v) is 5.16. The third kappa shape index (κ3) is 3.25. The number of benzene rings is 2. The lowest BCUT2D eigenvalue weighted by Crippen LogP contribution is -1.88. The Morgan fingerprint density at radius 1 is 1.16 bits per heavy atom. The minimum absolute atomic E-state index is 0.106. The molecule has 19 heavy (non-hydrogen) atoms. The highest BCUT2D eigenvalue weighted by Crippen LogP contribution is 2.33. The summed E-state index contributed by atoms with van der Waals surface area (Å²) in [7, 11) is 0. The van der Waals surface area contributed by atoms with Gasteiger partial charge in [-0.3, -0.25) is 10.1 Å². The lowest BCUT2D eigenvalue weighted by molar-refractivity contribution is -0.384. The first-order chi connectivity index (χ1) is 9.10. The molecule has 0 atom stereocenters. The zero-order chi connectivity index (χ0) is 13.8. The summed E-state index contributed by atoms with van der Waals surface area (Å²) in [5.74, 6) is 0. The molecule has 0 bridgehead atoms. The van der Waals surface area contributed by atoms with E-state index < -0.39 is 4.92 Å².